The van der Waals surface area contributed by atoms with E-state index >= 15 is 0 Å². The van der Waals surface area contributed by atoms with Crippen LogP contribution in [0, 0.1) is 0 Å². The number of hydrogen-bond acceptors (Lipinski definition) is 13. The Labute approximate surface area is 241 Å². The molecule has 0 unspecified atom stereocenters. The largest absolute Gasteiger partial charge is 0.394 e. The van der Waals surface area contributed by atoms with Crippen molar-refractivity contribution >= 4 is 0 Å². The van der Waals surface area contributed by atoms with Crippen LogP contribution in [0.5, 0.6) is 0 Å². The quantitative estimate of drug-likeness (QED) is 0.114. The van der Waals surface area contributed by atoms with Gasteiger partial charge in [0, 0.05) is 0 Å². The molecule has 3 heterocycles. The molecule has 25 N–H and O–H groups in total. The molecule has 4 fully saturated rings. The molecule has 1 saturated carbocycles. The monoisotopic (exact) mass is 620 g/mol. The molecule has 3 saturated heterocycles. The van der Waals surface area contributed by atoms with E-state index in [9.17, 15) is 35.7 Å². The Kier molecular flexibility index (Phi) is 11.5. The molecular weight excluding hydrogens is 568 g/mol. The Morgan fingerprint density at radius 1 is 0.524 bits per heavy atom. The molecule has 0 amide bonds. The van der Waals surface area contributed by atoms with Gasteiger partial charge in [-0.1, -0.05) is 0 Å². The van der Waals surface area contributed by atoms with Gasteiger partial charge in [0.25, 0.3) is 0 Å². The molecule has 0 radical (unpaired) electrons. The van der Waals surface area contributed by atoms with Gasteiger partial charge in [-0.25, -0.2) is 0 Å². The van der Waals surface area contributed by atoms with Crippen molar-refractivity contribution in [1.82, 2.24) is 0 Å². The molecule has 4 rings (SSSR count). The average Bonchev–Trinajstić information content (AvgIpc) is 3.27. The third-order valence-electron chi connectivity index (χ3n) is 8.78. The predicted octanol–water partition coefficient (Wildman–Crippen LogP) is -13.2. The zero-order valence-electron chi connectivity index (χ0n) is 23.6. The summed E-state index contributed by atoms with van der Waals surface area (Å²) in [5.74, 6) is 0. The number of quaternary nitrogens is 6. The molecule has 19 nitrogen and oxygen atoms in total. The van der Waals surface area contributed by atoms with Gasteiger partial charge in [0.1, 0.15) is 98.4 Å². The third-order valence-corrected chi connectivity index (χ3v) is 8.78. The maximum atomic E-state index is 11.2. The smallest absolute Gasteiger partial charge is 0.214 e. The number of ether oxygens (including phenoxy) is 6. The molecule has 0 aromatic carbocycles. The van der Waals surface area contributed by atoms with Crippen molar-refractivity contribution in [3.63, 3.8) is 0 Å². The lowest BCUT2D eigenvalue weighted by Gasteiger charge is -2.44. The van der Waals surface area contributed by atoms with Crippen molar-refractivity contribution < 1.29 is 98.6 Å². The molecule has 42 heavy (non-hydrogen) atoms. The molecule has 19 atom stereocenters. The van der Waals surface area contributed by atoms with Gasteiger partial charge in [-0.3, -0.25) is 0 Å². The first kappa shape index (κ1) is 34.1. The van der Waals surface area contributed by atoms with Crippen LogP contribution in [0.4, 0.5) is 0 Å². The maximum Gasteiger partial charge on any atom is 0.214 e. The molecule has 0 aromatic rings. The highest BCUT2D eigenvalue weighted by molar-refractivity contribution is 4.98. The Hall–Kier alpha value is -0.760. The highest BCUT2D eigenvalue weighted by Gasteiger charge is 2.56. The summed E-state index contributed by atoms with van der Waals surface area (Å²) in [7, 11) is 0. The molecule has 0 spiro atoms. The number of rotatable bonds is 9. The van der Waals surface area contributed by atoms with Gasteiger partial charge in [-0.15, -0.1) is 0 Å². The molecule has 3 aliphatic heterocycles. The minimum absolute atomic E-state index is 0.132. The van der Waals surface area contributed by atoms with E-state index in [-0.39, 0.29) is 13.1 Å². The summed E-state index contributed by atoms with van der Waals surface area (Å²) in [6, 6.07) is -2.83. The van der Waals surface area contributed by atoms with Gasteiger partial charge in [-0.05, 0) is 0 Å². The SMILES string of the molecule is [NH3+]C[C@@H]1O[C@H](O[C@H]2[C@@H](O)[C@H](O[C@@H]3[C@@H](O)[C@H]([NH3+])C[C@H]([NH3+])[C@H]3O[C@H]3O[C@H](C[NH3+])[C@@H](O)[C@H](O)[C@H]3[NH3+])O[C@@H]2CO)[C@H]([NH3+])[C@@H](O)[C@@H]1O. The maximum absolute atomic E-state index is 11.2. The number of aliphatic hydroxyl groups is 7. The van der Waals surface area contributed by atoms with Gasteiger partial charge in [0.05, 0.1) is 13.0 Å². The summed E-state index contributed by atoms with van der Waals surface area (Å²) in [6.07, 6.45) is -17.0. The topological polar surface area (TPSA) is 363 Å². The molecule has 246 valence electrons. The van der Waals surface area contributed by atoms with E-state index in [4.69, 9.17) is 28.4 Å². The fourth-order valence-corrected chi connectivity index (χ4v) is 6.06. The minimum Gasteiger partial charge on any atom is -0.394 e. The van der Waals surface area contributed by atoms with Crippen molar-refractivity contribution in [2.45, 2.75) is 123 Å². The van der Waals surface area contributed by atoms with Crippen LogP contribution in [0.2, 0.25) is 0 Å². The number of hydrogen-bond donors (Lipinski definition) is 13. The van der Waals surface area contributed by atoms with E-state index in [1.54, 1.807) is 0 Å². The lowest BCUT2D eigenvalue weighted by atomic mass is 9.84. The van der Waals surface area contributed by atoms with Crippen molar-refractivity contribution in [3.8, 4) is 0 Å². The number of aliphatic hydroxyl groups excluding tert-OH is 7. The van der Waals surface area contributed by atoms with Crippen LogP contribution in [0.1, 0.15) is 6.42 Å². The van der Waals surface area contributed by atoms with Crippen LogP contribution >= 0.6 is 0 Å². The Bertz CT molecular complexity index is 868. The lowest BCUT2D eigenvalue weighted by Crippen LogP contribution is -2.84. The molecular formula is C23H52N6O13+6. The minimum atomic E-state index is -1.50. The Morgan fingerprint density at radius 3 is 1.45 bits per heavy atom. The van der Waals surface area contributed by atoms with Crippen LogP contribution < -0.4 is 34.4 Å². The molecule has 1 aliphatic carbocycles. The summed E-state index contributed by atoms with van der Waals surface area (Å²) in [5, 5.41) is 73.7. The van der Waals surface area contributed by atoms with Crippen LogP contribution in [-0.4, -0.2) is 172 Å². The van der Waals surface area contributed by atoms with Gasteiger partial charge in [0.2, 0.25) is 12.6 Å². The molecule has 4 aliphatic rings. The third kappa shape index (κ3) is 6.60. The van der Waals surface area contributed by atoms with Gasteiger partial charge >= 0.3 is 0 Å². The van der Waals surface area contributed by atoms with E-state index in [0.717, 1.165) is 0 Å². The van der Waals surface area contributed by atoms with Crippen molar-refractivity contribution in [3.05, 3.63) is 0 Å². The van der Waals surface area contributed by atoms with Crippen molar-refractivity contribution in [1.29, 1.82) is 0 Å². The van der Waals surface area contributed by atoms with Crippen LogP contribution in [0.25, 0.3) is 0 Å². The fraction of sp³-hybridized carbons (Fsp3) is 1.00. The van der Waals surface area contributed by atoms with E-state index in [1.807, 2.05) is 0 Å². The summed E-state index contributed by atoms with van der Waals surface area (Å²) < 4.78 is 35.5. The highest BCUT2D eigenvalue weighted by Crippen LogP contribution is 2.33. The van der Waals surface area contributed by atoms with E-state index in [1.165, 1.54) is 0 Å². The first-order valence-electron chi connectivity index (χ1n) is 14.4. The van der Waals surface area contributed by atoms with Crippen LogP contribution in [0.15, 0.2) is 0 Å². The van der Waals surface area contributed by atoms with E-state index < -0.39 is 123 Å². The average molecular weight is 621 g/mol. The zero-order chi connectivity index (χ0) is 31.0. The Morgan fingerprint density at radius 2 is 0.976 bits per heavy atom. The normalized spacial score (nSPS) is 53.8. The van der Waals surface area contributed by atoms with Gasteiger partial charge in [0.15, 0.2) is 18.4 Å². The molecule has 0 aromatic heterocycles. The van der Waals surface area contributed by atoms with Crippen LogP contribution in [0.3, 0.4) is 0 Å². The van der Waals surface area contributed by atoms with E-state index in [0.29, 0.717) is 6.42 Å². The summed E-state index contributed by atoms with van der Waals surface area (Å²) in [4.78, 5) is 0. The lowest BCUT2D eigenvalue weighted by molar-refractivity contribution is -0.537. The zero-order valence-corrected chi connectivity index (χ0v) is 23.6. The summed E-state index contributed by atoms with van der Waals surface area (Å²) >= 11 is 0. The fourth-order valence-electron chi connectivity index (χ4n) is 6.06. The van der Waals surface area contributed by atoms with Crippen molar-refractivity contribution in [2.75, 3.05) is 19.7 Å². The van der Waals surface area contributed by atoms with Gasteiger partial charge in [-0.2, -0.15) is 0 Å². The predicted molar refractivity (Wildman–Crippen MR) is 131 cm³/mol. The van der Waals surface area contributed by atoms with Crippen LogP contribution in [-0.2, 0) is 28.4 Å². The first-order chi connectivity index (χ1) is 19.8. The van der Waals surface area contributed by atoms with Crippen molar-refractivity contribution in [2.24, 2.45) is 0 Å². The first-order valence-corrected chi connectivity index (χ1v) is 14.4. The summed E-state index contributed by atoms with van der Waals surface area (Å²) in [6.45, 7) is -0.286. The van der Waals surface area contributed by atoms with E-state index in [2.05, 4.69) is 34.4 Å². The van der Waals surface area contributed by atoms with Gasteiger partial charge < -0.3 is 98.6 Å². The second-order valence-electron chi connectivity index (χ2n) is 11.7. The Balaban J connectivity index is 1.50. The highest BCUT2D eigenvalue weighted by atomic mass is 16.8. The second kappa shape index (κ2) is 14.1. The second-order valence-corrected chi connectivity index (χ2v) is 11.7. The molecule has 19 heteroatoms. The molecule has 0 bridgehead atoms. The standard InChI is InChI=1S/C23H46N6O13/c24-2-7-13(32)15(34)10(28)21(37-7)40-18-6(27)1-5(26)12(31)20(18)42-23-17(36)19(9(4-30)39-23)41-22-11(29)16(35)14(33)8(3-25)38-22/h5-23,30-36H,1-4,24-29H2/p+6/t5-,6+,7-,8+,9-,10-,11-,12+,13-,14-,15-,16-,17-,18-,19-,20-,21-,22-,23+/m1/s1. The summed E-state index contributed by atoms with van der Waals surface area (Å²) in [5.41, 5.74) is 23.3.